The molecule has 0 aliphatic heterocycles. The number of carboxylic acids is 1. The van der Waals surface area contributed by atoms with Crippen LogP contribution in [0.3, 0.4) is 0 Å². The molecule has 20 heavy (non-hydrogen) atoms. The van der Waals surface area contributed by atoms with Gasteiger partial charge in [-0.2, -0.15) is 0 Å². The van der Waals surface area contributed by atoms with Crippen LogP contribution in [0, 0.1) is 0 Å². The normalized spacial score (nSPS) is 10.7. The van der Waals surface area contributed by atoms with E-state index < -0.39 is 5.97 Å². The molecule has 1 rings (SSSR count). The molecule has 0 aromatic heterocycles. The summed E-state index contributed by atoms with van der Waals surface area (Å²) in [7, 11) is 1.65. The van der Waals surface area contributed by atoms with E-state index in [1.54, 1.807) is 19.2 Å². The van der Waals surface area contributed by atoms with Crippen molar-refractivity contribution in [3.05, 3.63) is 33.8 Å². The van der Waals surface area contributed by atoms with Crippen molar-refractivity contribution in [2.24, 2.45) is 0 Å². The number of halogens is 1. The minimum absolute atomic E-state index is 0.284. The Morgan fingerprint density at radius 3 is 2.80 bits per heavy atom. The zero-order valence-corrected chi connectivity index (χ0v) is 13.1. The largest absolute Gasteiger partial charge is 0.478 e. The molecule has 0 unspecified atom stereocenters. The molecule has 0 saturated heterocycles. The number of ether oxygens (including phenoxy) is 2. The SMILES string of the molecule is COCCOCCCNCc1ccc(C(=O)O)cc1Br. The number of carboxylic acid groups (broad SMARTS) is 1. The van der Waals surface area contributed by atoms with Gasteiger partial charge in [-0.3, -0.25) is 0 Å². The van der Waals surface area contributed by atoms with Gasteiger partial charge in [0, 0.05) is 24.7 Å². The zero-order valence-electron chi connectivity index (χ0n) is 11.5. The average Bonchev–Trinajstić information content (AvgIpc) is 2.43. The molecule has 0 atom stereocenters. The predicted octanol–water partition coefficient (Wildman–Crippen LogP) is 2.29. The predicted molar refractivity (Wildman–Crippen MR) is 80.1 cm³/mol. The molecule has 0 bridgehead atoms. The lowest BCUT2D eigenvalue weighted by molar-refractivity contribution is 0.0694. The summed E-state index contributed by atoms with van der Waals surface area (Å²) in [4.78, 5) is 10.8. The third-order valence-electron chi connectivity index (χ3n) is 2.69. The summed E-state index contributed by atoms with van der Waals surface area (Å²) >= 11 is 3.38. The second kappa shape index (κ2) is 9.88. The monoisotopic (exact) mass is 345 g/mol. The van der Waals surface area contributed by atoms with Gasteiger partial charge in [0.25, 0.3) is 0 Å². The van der Waals surface area contributed by atoms with Crippen molar-refractivity contribution in [2.75, 3.05) is 33.5 Å². The number of aromatic carboxylic acids is 1. The second-order valence-corrected chi connectivity index (χ2v) is 5.10. The number of hydrogen-bond donors (Lipinski definition) is 2. The molecule has 0 aliphatic rings. The maximum Gasteiger partial charge on any atom is 0.335 e. The first-order valence-electron chi connectivity index (χ1n) is 6.44. The first-order valence-corrected chi connectivity index (χ1v) is 7.23. The van der Waals surface area contributed by atoms with Crippen LogP contribution in [0.15, 0.2) is 22.7 Å². The van der Waals surface area contributed by atoms with Gasteiger partial charge in [-0.25, -0.2) is 4.79 Å². The maximum atomic E-state index is 10.8. The molecule has 112 valence electrons. The third kappa shape index (κ3) is 6.47. The van der Waals surface area contributed by atoms with Crippen molar-refractivity contribution in [3.8, 4) is 0 Å². The molecule has 5 nitrogen and oxygen atoms in total. The molecule has 2 N–H and O–H groups in total. The van der Waals surface area contributed by atoms with Gasteiger partial charge in [-0.15, -0.1) is 0 Å². The summed E-state index contributed by atoms with van der Waals surface area (Å²) in [5, 5.41) is 12.2. The molecular formula is C14H20BrNO4. The van der Waals surface area contributed by atoms with E-state index >= 15 is 0 Å². The molecule has 0 spiro atoms. The Kier molecular flexibility index (Phi) is 8.45. The van der Waals surface area contributed by atoms with E-state index in [1.165, 1.54) is 0 Å². The van der Waals surface area contributed by atoms with Crippen LogP contribution in [0.5, 0.6) is 0 Å². The molecule has 6 heteroatoms. The standard InChI is InChI=1S/C14H20BrNO4/c1-19-7-8-20-6-2-5-16-10-12-4-3-11(14(17)18)9-13(12)15/h3-4,9,16H,2,5-8,10H2,1H3,(H,17,18). The van der Waals surface area contributed by atoms with Crippen LogP contribution in [0.2, 0.25) is 0 Å². The molecule has 0 saturated carbocycles. The summed E-state index contributed by atoms with van der Waals surface area (Å²) in [6, 6.07) is 5.04. The Morgan fingerprint density at radius 2 is 2.15 bits per heavy atom. The van der Waals surface area contributed by atoms with E-state index in [0.717, 1.165) is 23.0 Å². The lowest BCUT2D eigenvalue weighted by Gasteiger charge is -2.08. The van der Waals surface area contributed by atoms with Gasteiger partial charge in [0.05, 0.1) is 18.8 Å². The Hall–Kier alpha value is -0.950. The number of methoxy groups -OCH3 is 1. The van der Waals surface area contributed by atoms with Gasteiger partial charge in [-0.05, 0) is 30.7 Å². The highest BCUT2D eigenvalue weighted by molar-refractivity contribution is 9.10. The molecule has 0 heterocycles. The first kappa shape index (κ1) is 17.1. The first-order chi connectivity index (χ1) is 9.65. The number of benzene rings is 1. The Bertz CT molecular complexity index is 426. The molecule has 1 aromatic carbocycles. The minimum Gasteiger partial charge on any atom is -0.478 e. The fourth-order valence-electron chi connectivity index (χ4n) is 1.59. The smallest absolute Gasteiger partial charge is 0.335 e. The van der Waals surface area contributed by atoms with Crippen LogP contribution in [-0.2, 0) is 16.0 Å². The average molecular weight is 346 g/mol. The van der Waals surface area contributed by atoms with Gasteiger partial charge in [-0.1, -0.05) is 22.0 Å². The van der Waals surface area contributed by atoms with E-state index in [1.807, 2.05) is 6.07 Å². The quantitative estimate of drug-likeness (QED) is 0.637. The topological polar surface area (TPSA) is 67.8 Å². The molecule has 0 radical (unpaired) electrons. The van der Waals surface area contributed by atoms with Crippen LogP contribution >= 0.6 is 15.9 Å². The van der Waals surface area contributed by atoms with Crippen LogP contribution in [0.25, 0.3) is 0 Å². The molecule has 0 fully saturated rings. The van der Waals surface area contributed by atoms with Gasteiger partial charge in [0.2, 0.25) is 0 Å². The molecule has 1 aromatic rings. The number of hydrogen-bond acceptors (Lipinski definition) is 4. The van der Waals surface area contributed by atoms with Crippen LogP contribution in [0.4, 0.5) is 0 Å². The number of carbonyl (C=O) groups is 1. The summed E-state index contributed by atoms with van der Waals surface area (Å²) in [5.74, 6) is -0.918. The Morgan fingerprint density at radius 1 is 1.35 bits per heavy atom. The van der Waals surface area contributed by atoms with Gasteiger partial charge < -0.3 is 19.9 Å². The Balaban J connectivity index is 2.20. The van der Waals surface area contributed by atoms with E-state index in [0.29, 0.717) is 26.4 Å². The lowest BCUT2D eigenvalue weighted by atomic mass is 10.1. The molecule has 0 amide bonds. The summed E-state index contributed by atoms with van der Waals surface area (Å²) in [6.45, 7) is 3.49. The van der Waals surface area contributed by atoms with Gasteiger partial charge in [0.15, 0.2) is 0 Å². The van der Waals surface area contributed by atoms with Crippen molar-refractivity contribution in [2.45, 2.75) is 13.0 Å². The highest BCUT2D eigenvalue weighted by Crippen LogP contribution is 2.18. The van der Waals surface area contributed by atoms with E-state index in [-0.39, 0.29) is 5.56 Å². The van der Waals surface area contributed by atoms with E-state index in [4.69, 9.17) is 14.6 Å². The number of rotatable bonds is 10. The summed E-state index contributed by atoms with van der Waals surface area (Å²) in [6.07, 6.45) is 0.925. The van der Waals surface area contributed by atoms with E-state index in [2.05, 4.69) is 21.2 Å². The number of nitrogens with one attached hydrogen (secondary N) is 1. The zero-order chi connectivity index (χ0) is 14.8. The van der Waals surface area contributed by atoms with Crippen molar-refractivity contribution >= 4 is 21.9 Å². The minimum atomic E-state index is -0.918. The fourth-order valence-corrected chi connectivity index (χ4v) is 2.11. The van der Waals surface area contributed by atoms with Crippen molar-refractivity contribution < 1.29 is 19.4 Å². The van der Waals surface area contributed by atoms with E-state index in [9.17, 15) is 4.79 Å². The summed E-state index contributed by atoms with van der Waals surface area (Å²) in [5.41, 5.74) is 1.32. The second-order valence-electron chi connectivity index (χ2n) is 4.25. The van der Waals surface area contributed by atoms with Crippen LogP contribution in [0.1, 0.15) is 22.3 Å². The highest BCUT2D eigenvalue weighted by Gasteiger charge is 2.06. The third-order valence-corrected chi connectivity index (χ3v) is 3.43. The molecular weight excluding hydrogens is 326 g/mol. The van der Waals surface area contributed by atoms with Crippen molar-refractivity contribution in [1.82, 2.24) is 5.32 Å². The van der Waals surface area contributed by atoms with Crippen LogP contribution in [-0.4, -0.2) is 44.6 Å². The van der Waals surface area contributed by atoms with Gasteiger partial charge in [0.1, 0.15) is 0 Å². The molecule has 0 aliphatic carbocycles. The Labute approximate surface area is 127 Å². The maximum absolute atomic E-state index is 10.8. The fraction of sp³-hybridized carbons (Fsp3) is 0.500. The van der Waals surface area contributed by atoms with Gasteiger partial charge >= 0.3 is 5.97 Å². The lowest BCUT2D eigenvalue weighted by Crippen LogP contribution is -2.17. The van der Waals surface area contributed by atoms with Crippen LogP contribution < -0.4 is 5.32 Å². The van der Waals surface area contributed by atoms with Crippen molar-refractivity contribution in [3.63, 3.8) is 0 Å². The summed E-state index contributed by atoms with van der Waals surface area (Å²) < 4.78 is 11.0. The van der Waals surface area contributed by atoms with Crippen molar-refractivity contribution in [1.29, 1.82) is 0 Å². The highest BCUT2D eigenvalue weighted by atomic mass is 79.9.